The molecule has 2 atom stereocenters. The van der Waals surface area contributed by atoms with Crippen molar-refractivity contribution < 1.29 is 27.4 Å². The Morgan fingerprint density at radius 3 is 2.59 bits per heavy atom. The van der Waals surface area contributed by atoms with E-state index in [9.17, 15) is 18.0 Å². The van der Waals surface area contributed by atoms with Gasteiger partial charge < -0.3 is 14.8 Å². The van der Waals surface area contributed by atoms with Crippen molar-refractivity contribution in [1.29, 1.82) is 0 Å². The van der Waals surface area contributed by atoms with Gasteiger partial charge in [0.2, 0.25) is 0 Å². The molecule has 1 aromatic rings. The maximum atomic E-state index is 14.0. The normalized spacial score (nSPS) is 27.7. The molecule has 2 fully saturated rings. The molecule has 4 nitrogen and oxygen atoms in total. The van der Waals surface area contributed by atoms with Crippen LogP contribution in [0.3, 0.4) is 0 Å². The third-order valence-corrected chi connectivity index (χ3v) is 4.06. The molecule has 0 aliphatic carbocycles. The average Bonchev–Trinajstić information content (AvgIpc) is 2.46. The van der Waals surface area contributed by atoms with E-state index in [4.69, 9.17) is 4.74 Å². The van der Waals surface area contributed by atoms with Crippen LogP contribution in [0, 0.1) is 11.7 Å². The number of rotatable bonds is 4. The highest BCUT2D eigenvalue weighted by Gasteiger charge is 2.37. The zero-order chi connectivity index (χ0) is 15.7. The van der Waals surface area contributed by atoms with Crippen LogP contribution in [0.1, 0.15) is 23.2 Å². The van der Waals surface area contributed by atoms with Gasteiger partial charge >= 0.3 is 6.61 Å². The third-order valence-electron chi connectivity index (χ3n) is 4.06. The van der Waals surface area contributed by atoms with E-state index in [1.54, 1.807) is 0 Å². The van der Waals surface area contributed by atoms with Crippen molar-refractivity contribution in [3.63, 3.8) is 0 Å². The predicted molar refractivity (Wildman–Crippen MR) is 71.6 cm³/mol. The van der Waals surface area contributed by atoms with Crippen molar-refractivity contribution in [3.05, 3.63) is 29.6 Å². The summed E-state index contributed by atoms with van der Waals surface area (Å²) in [4.78, 5) is 12.6. The van der Waals surface area contributed by atoms with Crippen LogP contribution in [0.15, 0.2) is 18.2 Å². The predicted octanol–water partition coefficient (Wildman–Crippen LogP) is 2.38. The van der Waals surface area contributed by atoms with E-state index in [-0.39, 0.29) is 17.6 Å². The van der Waals surface area contributed by atoms with E-state index in [0.717, 1.165) is 6.07 Å². The standard InChI is InChI=1S/C15H16F3NO3/c16-11-2-1-3-12(22-15(17)18)13(11)14(20)8-4-9-6-21-7-10(5-8)19-9/h1-3,8-10,15,19H,4-7H2. The monoisotopic (exact) mass is 315 g/mol. The minimum atomic E-state index is -3.10. The van der Waals surface area contributed by atoms with Crippen molar-refractivity contribution in [2.24, 2.45) is 5.92 Å². The first-order chi connectivity index (χ1) is 10.5. The van der Waals surface area contributed by atoms with Crippen LogP contribution in [-0.2, 0) is 4.74 Å². The first-order valence-corrected chi connectivity index (χ1v) is 7.16. The van der Waals surface area contributed by atoms with Crippen LogP contribution in [0.25, 0.3) is 0 Å². The molecule has 0 spiro atoms. The Kier molecular flexibility index (Phi) is 4.35. The second-order valence-corrected chi connectivity index (χ2v) is 5.62. The second kappa shape index (κ2) is 6.26. The molecular weight excluding hydrogens is 299 g/mol. The van der Waals surface area contributed by atoms with Gasteiger partial charge in [0.1, 0.15) is 11.6 Å². The molecule has 7 heteroatoms. The van der Waals surface area contributed by atoms with Gasteiger partial charge in [-0.15, -0.1) is 0 Å². The lowest BCUT2D eigenvalue weighted by Gasteiger charge is -2.39. The number of fused-ring (bicyclic) bond motifs is 2. The zero-order valence-corrected chi connectivity index (χ0v) is 11.7. The van der Waals surface area contributed by atoms with E-state index >= 15 is 0 Å². The first-order valence-electron chi connectivity index (χ1n) is 7.16. The quantitative estimate of drug-likeness (QED) is 0.867. The number of hydrogen-bond donors (Lipinski definition) is 1. The number of ether oxygens (including phenoxy) is 2. The molecule has 0 aromatic heterocycles. The number of piperidine rings is 1. The van der Waals surface area contributed by atoms with Crippen molar-refractivity contribution in [1.82, 2.24) is 5.32 Å². The third kappa shape index (κ3) is 3.10. The van der Waals surface area contributed by atoms with Crippen LogP contribution < -0.4 is 10.1 Å². The molecular formula is C15H16F3NO3. The Hall–Kier alpha value is -1.60. The summed E-state index contributed by atoms with van der Waals surface area (Å²) in [6.07, 6.45) is 0.996. The molecule has 1 N–H and O–H groups in total. The lowest BCUT2D eigenvalue weighted by Crippen LogP contribution is -2.55. The van der Waals surface area contributed by atoms with Gasteiger partial charge in [0.15, 0.2) is 5.78 Å². The Labute approximate surface area is 125 Å². The van der Waals surface area contributed by atoms with Crippen molar-refractivity contribution in [2.45, 2.75) is 31.5 Å². The molecule has 1 aromatic carbocycles. The minimum absolute atomic E-state index is 0.0349. The lowest BCUT2D eigenvalue weighted by atomic mass is 9.82. The van der Waals surface area contributed by atoms with E-state index in [0.29, 0.717) is 26.1 Å². The Bertz CT molecular complexity index is 555. The molecule has 0 radical (unpaired) electrons. The summed E-state index contributed by atoms with van der Waals surface area (Å²) in [5.74, 6) is -2.13. The number of hydrogen-bond acceptors (Lipinski definition) is 4. The number of morpholine rings is 1. The number of alkyl halides is 2. The maximum Gasteiger partial charge on any atom is 0.387 e. The molecule has 120 valence electrons. The molecule has 2 bridgehead atoms. The molecule has 22 heavy (non-hydrogen) atoms. The summed E-state index contributed by atoms with van der Waals surface area (Å²) in [7, 11) is 0. The van der Waals surface area contributed by atoms with E-state index in [1.807, 2.05) is 0 Å². The van der Waals surface area contributed by atoms with E-state index < -0.39 is 29.9 Å². The molecule has 2 saturated heterocycles. The molecule has 3 rings (SSSR count). The van der Waals surface area contributed by atoms with Gasteiger partial charge in [-0.3, -0.25) is 4.79 Å². The minimum Gasteiger partial charge on any atom is -0.434 e. The lowest BCUT2D eigenvalue weighted by molar-refractivity contribution is -0.0504. The highest BCUT2D eigenvalue weighted by Crippen LogP contribution is 2.32. The Morgan fingerprint density at radius 2 is 1.95 bits per heavy atom. The van der Waals surface area contributed by atoms with Gasteiger partial charge in [-0.05, 0) is 25.0 Å². The number of nitrogens with one attached hydrogen (secondary N) is 1. The van der Waals surface area contributed by atoms with Gasteiger partial charge in [-0.25, -0.2) is 4.39 Å². The van der Waals surface area contributed by atoms with Crippen LogP contribution in [0.2, 0.25) is 0 Å². The van der Waals surface area contributed by atoms with E-state index in [2.05, 4.69) is 10.1 Å². The molecule has 2 unspecified atom stereocenters. The average molecular weight is 315 g/mol. The van der Waals surface area contributed by atoms with Gasteiger partial charge in [0.05, 0.1) is 18.8 Å². The molecule has 2 aliphatic heterocycles. The van der Waals surface area contributed by atoms with Crippen molar-refractivity contribution in [2.75, 3.05) is 13.2 Å². The molecule has 2 heterocycles. The largest absolute Gasteiger partial charge is 0.434 e. The smallest absolute Gasteiger partial charge is 0.387 e. The van der Waals surface area contributed by atoms with Crippen LogP contribution >= 0.6 is 0 Å². The molecule has 0 saturated carbocycles. The number of Topliss-reactive ketones (excluding diaryl/α,β-unsaturated/α-hetero) is 1. The number of carbonyl (C=O) groups excluding carboxylic acids is 1. The van der Waals surface area contributed by atoms with Crippen molar-refractivity contribution in [3.8, 4) is 5.75 Å². The summed E-state index contributed by atoms with van der Waals surface area (Å²) in [5.41, 5.74) is -0.381. The van der Waals surface area contributed by atoms with Crippen LogP contribution in [-0.4, -0.2) is 37.7 Å². The number of halogens is 3. The summed E-state index contributed by atoms with van der Waals surface area (Å²) in [6.45, 7) is -2.11. The van der Waals surface area contributed by atoms with Gasteiger partial charge in [0, 0.05) is 18.0 Å². The first kappa shape index (κ1) is 15.3. The molecule has 2 aliphatic rings. The summed E-state index contributed by atoms with van der Waals surface area (Å²) < 4.78 is 48.6. The SMILES string of the molecule is O=C(c1c(F)cccc1OC(F)F)C1CC2COCC(C1)N2. The second-order valence-electron chi connectivity index (χ2n) is 5.62. The summed E-state index contributed by atoms with van der Waals surface area (Å²) >= 11 is 0. The van der Waals surface area contributed by atoms with Gasteiger partial charge in [-0.2, -0.15) is 8.78 Å². The fourth-order valence-corrected chi connectivity index (χ4v) is 3.19. The van der Waals surface area contributed by atoms with Crippen LogP contribution in [0.4, 0.5) is 13.2 Å². The topological polar surface area (TPSA) is 47.6 Å². The Morgan fingerprint density at radius 1 is 1.27 bits per heavy atom. The van der Waals surface area contributed by atoms with Crippen LogP contribution in [0.5, 0.6) is 5.75 Å². The highest BCUT2D eigenvalue weighted by molar-refractivity contribution is 6.00. The summed E-state index contributed by atoms with van der Waals surface area (Å²) in [5, 5.41) is 3.33. The molecule has 0 amide bonds. The number of carbonyl (C=O) groups is 1. The Balaban J connectivity index is 1.85. The van der Waals surface area contributed by atoms with Gasteiger partial charge in [-0.1, -0.05) is 6.07 Å². The number of benzene rings is 1. The van der Waals surface area contributed by atoms with Gasteiger partial charge in [0.25, 0.3) is 0 Å². The number of ketones is 1. The fraction of sp³-hybridized carbons (Fsp3) is 0.533. The highest BCUT2D eigenvalue weighted by atomic mass is 19.3. The van der Waals surface area contributed by atoms with E-state index in [1.165, 1.54) is 12.1 Å². The maximum absolute atomic E-state index is 14.0. The van der Waals surface area contributed by atoms with Crippen molar-refractivity contribution >= 4 is 5.78 Å². The zero-order valence-electron chi connectivity index (χ0n) is 11.7. The fourth-order valence-electron chi connectivity index (χ4n) is 3.19. The summed E-state index contributed by atoms with van der Waals surface area (Å²) in [6, 6.07) is 3.58.